The second-order valence-electron chi connectivity index (χ2n) is 6.83. The van der Waals surface area contributed by atoms with E-state index in [-0.39, 0.29) is 33.7 Å². The minimum absolute atomic E-state index is 0.0359. The molecule has 0 N–H and O–H groups in total. The third kappa shape index (κ3) is 2.56. The number of carboxylic acids is 2. The lowest BCUT2D eigenvalue weighted by Crippen LogP contribution is -2.29. The van der Waals surface area contributed by atoms with Crippen molar-refractivity contribution in [3.63, 3.8) is 0 Å². The van der Waals surface area contributed by atoms with E-state index >= 15 is 0 Å². The van der Waals surface area contributed by atoms with E-state index in [1.165, 1.54) is 14.0 Å². The number of para-hydroxylation sites is 2. The van der Waals surface area contributed by atoms with Gasteiger partial charge in [0.2, 0.25) is 0 Å². The molecule has 0 aliphatic heterocycles. The van der Waals surface area contributed by atoms with Crippen LogP contribution in [0.25, 0.3) is 27.5 Å². The number of carboxylic acid groups (broad SMARTS) is 2. The largest absolute Gasteiger partial charge is 0.545 e. The van der Waals surface area contributed by atoms with Gasteiger partial charge in [-0.25, -0.2) is 0 Å². The normalized spacial score (nSPS) is 11.1. The Balaban J connectivity index is 2.30. The Morgan fingerprint density at radius 3 is 1.72 bits per heavy atom. The zero-order chi connectivity index (χ0) is 20.9. The lowest BCUT2D eigenvalue weighted by molar-refractivity contribution is -0.256. The van der Waals surface area contributed by atoms with Crippen molar-refractivity contribution in [1.29, 1.82) is 0 Å². The maximum atomic E-state index is 12.2. The van der Waals surface area contributed by atoms with Crippen LogP contribution >= 0.6 is 0 Å². The van der Waals surface area contributed by atoms with Crippen LogP contribution in [0.4, 0.5) is 0 Å². The van der Waals surface area contributed by atoms with Crippen LogP contribution in [0.15, 0.2) is 48.5 Å². The number of rotatable bonds is 4. The first-order chi connectivity index (χ1) is 13.9. The summed E-state index contributed by atoms with van der Waals surface area (Å²) in [4.78, 5) is 24.1. The molecule has 0 amide bonds. The number of aromatic nitrogens is 1. The van der Waals surface area contributed by atoms with Crippen molar-refractivity contribution in [2.24, 2.45) is 0 Å². The van der Waals surface area contributed by atoms with Crippen LogP contribution in [0.2, 0.25) is 0 Å². The molecule has 0 aliphatic carbocycles. The molecule has 0 bridgehead atoms. The van der Waals surface area contributed by atoms with Gasteiger partial charge in [-0.1, -0.05) is 36.4 Å². The number of methoxy groups -OCH3 is 1. The number of aromatic carboxylic acids is 2. The van der Waals surface area contributed by atoms with E-state index in [9.17, 15) is 19.8 Å². The first-order valence-corrected chi connectivity index (χ1v) is 9.00. The highest BCUT2D eigenvalue weighted by Crippen LogP contribution is 2.39. The third-order valence-corrected chi connectivity index (χ3v) is 5.33. The molecular formula is C23H17NO5-2. The van der Waals surface area contributed by atoms with E-state index in [0.29, 0.717) is 0 Å². The second-order valence-corrected chi connectivity index (χ2v) is 6.83. The number of carbonyl (C=O) groups is 2. The number of benzene rings is 3. The molecule has 0 fully saturated rings. The van der Waals surface area contributed by atoms with Crippen LogP contribution in [-0.2, 0) is 0 Å². The van der Waals surface area contributed by atoms with Crippen molar-refractivity contribution >= 4 is 33.7 Å². The maximum absolute atomic E-state index is 12.2. The summed E-state index contributed by atoms with van der Waals surface area (Å²) in [6, 6.07) is 15.1. The van der Waals surface area contributed by atoms with Crippen LogP contribution in [0, 0.1) is 13.8 Å². The third-order valence-electron chi connectivity index (χ3n) is 5.33. The van der Waals surface area contributed by atoms with Gasteiger partial charge in [-0.15, -0.1) is 0 Å². The molecule has 4 rings (SSSR count). The second kappa shape index (κ2) is 6.67. The number of fused-ring (bicyclic) bond motifs is 3. The van der Waals surface area contributed by atoms with Gasteiger partial charge in [-0.3, -0.25) is 0 Å². The predicted molar refractivity (Wildman–Crippen MR) is 105 cm³/mol. The maximum Gasteiger partial charge on any atom is 0.131 e. The Morgan fingerprint density at radius 2 is 1.28 bits per heavy atom. The predicted octanol–water partition coefficient (Wildman–Crippen LogP) is 2.14. The minimum atomic E-state index is -1.44. The molecule has 29 heavy (non-hydrogen) atoms. The molecule has 146 valence electrons. The quantitative estimate of drug-likeness (QED) is 0.535. The fourth-order valence-electron chi connectivity index (χ4n) is 4.15. The van der Waals surface area contributed by atoms with Crippen molar-refractivity contribution < 1.29 is 24.5 Å². The number of hydrogen-bond acceptors (Lipinski definition) is 5. The molecule has 6 nitrogen and oxygen atoms in total. The number of hydrogen-bond donors (Lipinski definition) is 0. The molecule has 0 unspecified atom stereocenters. The summed E-state index contributed by atoms with van der Waals surface area (Å²) < 4.78 is 7.00. The zero-order valence-corrected chi connectivity index (χ0v) is 16.1. The minimum Gasteiger partial charge on any atom is -0.545 e. The summed E-state index contributed by atoms with van der Waals surface area (Å²) in [5.41, 5.74) is 1.87. The van der Waals surface area contributed by atoms with Crippen LogP contribution in [0.1, 0.15) is 31.8 Å². The fraction of sp³-hybridized carbons (Fsp3) is 0.130. The van der Waals surface area contributed by atoms with Crippen LogP contribution in [0.5, 0.6) is 5.75 Å². The lowest BCUT2D eigenvalue weighted by atomic mass is 9.94. The van der Waals surface area contributed by atoms with Crippen LogP contribution < -0.4 is 14.9 Å². The zero-order valence-electron chi connectivity index (χ0n) is 16.1. The molecular weight excluding hydrogens is 370 g/mol. The molecule has 0 saturated heterocycles. The molecule has 1 heterocycles. The molecule has 0 atom stereocenters. The Kier molecular flexibility index (Phi) is 4.27. The molecule has 0 aliphatic rings. The monoisotopic (exact) mass is 387 g/mol. The lowest BCUT2D eigenvalue weighted by Gasteiger charge is -2.25. The summed E-state index contributed by atoms with van der Waals surface area (Å²) in [6.45, 7) is 3.06. The number of ether oxygens (including phenoxy) is 1. The van der Waals surface area contributed by atoms with Gasteiger partial charge in [0.25, 0.3) is 0 Å². The molecule has 0 spiro atoms. The van der Waals surface area contributed by atoms with Gasteiger partial charge < -0.3 is 29.1 Å². The average Bonchev–Trinajstić information content (AvgIpc) is 3.02. The van der Waals surface area contributed by atoms with E-state index in [0.717, 1.165) is 21.8 Å². The highest BCUT2D eigenvalue weighted by Gasteiger charge is 2.25. The van der Waals surface area contributed by atoms with Gasteiger partial charge in [0.05, 0.1) is 35.8 Å². The molecule has 3 aromatic carbocycles. The van der Waals surface area contributed by atoms with Gasteiger partial charge >= 0.3 is 0 Å². The van der Waals surface area contributed by atoms with Gasteiger partial charge in [-0.2, -0.15) is 0 Å². The number of nitrogens with zero attached hydrogens (tertiary/aromatic N) is 1. The molecule has 0 saturated carbocycles. The van der Waals surface area contributed by atoms with Crippen molar-refractivity contribution in [2.45, 2.75) is 13.8 Å². The van der Waals surface area contributed by atoms with Gasteiger partial charge in [-0.05, 0) is 31.5 Å². The fourth-order valence-corrected chi connectivity index (χ4v) is 4.15. The van der Waals surface area contributed by atoms with Gasteiger partial charge in [0.15, 0.2) is 0 Å². The van der Waals surface area contributed by atoms with Crippen LogP contribution in [0.3, 0.4) is 0 Å². The van der Waals surface area contributed by atoms with E-state index in [4.69, 9.17) is 4.74 Å². The highest BCUT2D eigenvalue weighted by atomic mass is 16.5. The Morgan fingerprint density at radius 1 is 0.793 bits per heavy atom. The Bertz CT molecular complexity index is 1260. The van der Waals surface area contributed by atoms with Crippen molar-refractivity contribution in [2.75, 3.05) is 7.11 Å². The van der Waals surface area contributed by atoms with Gasteiger partial charge in [0, 0.05) is 27.5 Å². The van der Waals surface area contributed by atoms with Crippen LogP contribution in [-0.4, -0.2) is 23.6 Å². The first kappa shape index (κ1) is 18.6. The van der Waals surface area contributed by atoms with Gasteiger partial charge in [0.1, 0.15) is 5.75 Å². The first-order valence-electron chi connectivity index (χ1n) is 9.00. The topological polar surface area (TPSA) is 94.4 Å². The SMILES string of the molecule is COc1c(C)c(C(=O)[O-])c(-n2c3ccccc3c3ccccc32)c(C)c1C(=O)[O-]. The van der Waals surface area contributed by atoms with Crippen molar-refractivity contribution in [3.8, 4) is 11.4 Å². The van der Waals surface area contributed by atoms with Crippen molar-refractivity contribution in [1.82, 2.24) is 4.57 Å². The summed E-state index contributed by atoms with van der Waals surface area (Å²) in [7, 11) is 1.30. The molecule has 4 aromatic rings. The highest BCUT2D eigenvalue weighted by molar-refractivity contribution is 6.11. The van der Waals surface area contributed by atoms with E-state index < -0.39 is 11.9 Å². The van der Waals surface area contributed by atoms with E-state index in [2.05, 4.69) is 0 Å². The van der Waals surface area contributed by atoms with E-state index in [1.807, 2.05) is 48.5 Å². The molecule has 6 heteroatoms. The smallest absolute Gasteiger partial charge is 0.131 e. The molecule has 1 aromatic heterocycles. The Labute approximate surface area is 166 Å². The summed E-state index contributed by atoms with van der Waals surface area (Å²) in [5, 5.41) is 25.9. The molecule has 0 radical (unpaired) electrons. The van der Waals surface area contributed by atoms with E-state index in [1.54, 1.807) is 11.5 Å². The summed E-state index contributed by atoms with van der Waals surface area (Å²) >= 11 is 0. The average molecular weight is 387 g/mol. The number of carbonyl (C=O) groups excluding carboxylic acids is 2. The Hall–Kier alpha value is -3.80. The standard InChI is InChI=1S/C23H19NO5/c1-12-19(23(27)28)21(29-3)13(2)18(22(25)26)20(12)24-16-10-6-4-8-14(16)15-9-5-7-11-17(15)24/h4-11H,1-3H3,(H,25,26)(H,27,28)/p-2. The summed E-state index contributed by atoms with van der Waals surface area (Å²) in [6.07, 6.45) is 0. The van der Waals surface area contributed by atoms with Crippen molar-refractivity contribution in [3.05, 3.63) is 70.8 Å². The summed E-state index contributed by atoms with van der Waals surface area (Å²) in [5.74, 6) is -2.88.